The molecular formula is C17H29NO2. The fourth-order valence-electron chi connectivity index (χ4n) is 2.90. The number of amides is 1. The second kappa shape index (κ2) is 6.55. The van der Waals surface area contributed by atoms with E-state index in [4.69, 9.17) is 5.73 Å². The first-order valence-electron chi connectivity index (χ1n) is 7.63. The highest BCUT2D eigenvalue weighted by Crippen LogP contribution is 2.45. The number of nitrogens with two attached hydrogens (primary N) is 1. The van der Waals surface area contributed by atoms with Crippen LogP contribution in [0.2, 0.25) is 0 Å². The van der Waals surface area contributed by atoms with E-state index in [1.54, 1.807) is 6.08 Å². The minimum absolute atomic E-state index is 0.171. The van der Waals surface area contributed by atoms with Gasteiger partial charge < -0.3 is 5.73 Å². The summed E-state index contributed by atoms with van der Waals surface area (Å²) in [5.74, 6) is 0.497. The fourth-order valence-corrected chi connectivity index (χ4v) is 2.90. The van der Waals surface area contributed by atoms with E-state index < -0.39 is 5.41 Å². The Hall–Kier alpha value is -1.12. The van der Waals surface area contributed by atoms with Crippen molar-refractivity contribution in [2.24, 2.45) is 34.8 Å². The zero-order valence-corrected chi connectivity index (χ0v) is 13.3. The van der Waals surface area contributed by atoms with E-state index >= 15 is 0 Å². The quantitative estimate of drug-likeness (QED) is 0.693. The SMILES string of the molecule is C=CCC[C@H](C(N)=O)[C@@H](CC1CC1C)C(=O)C(C)(C)C. The Morgan fingerprint density at radius 2 is 1.90 bits per heavy atom. The van der Waals surface area contributed by atoms with Gasteiger partial charge in [0.05, 0.1) is 0 Å². The first-order valence-corrected chi connectivity index (χ1v) is 7.63. The molecule has 2 N–H and O–H groups in total. The van der Waals surface area contributed by atoms with Crippen LogP contribution in [0.1, 0.15) is 53.4 Å². The smallest absolute Gasteiger partial charge is 0.221 e. The fraction of sp³-hybridized carbons (Fsp3) is 0.765. The number of carbonyl (C=O) groups is 2. The number of carbonyl (C=O) groups excluding carboxylic acids is 2. The van der Waals surface area contributed by atoms with Crippen molar-refractivity contribution in [2.45, 2.75) is 53.4 Å². The van der Waals surface area contributed by atoms with Crippen LogP contribution in [0.3, 0.4) is 0 Å². The molecule has 1 fully saturated rings. The predicted molar refractivity (Wildman–Crippen MR) is 82.0 cm³/mol. The molecule has 1 amide bonds. The summed E-state index contributed by atoms with van der Waals surface area (Å²) in [5.41, 5.74) is 5.14. The molecule has 2 unspecified atom stereocenters. The van der Waals surface area contributed by atoms with Crippen molar-refractivity contribution in [3.63, 3.8) is 0 Å². The predicted octanol–water partition coefficient (Wildman–Crippen LogP) is 3.33. The average Bonchev–Trinajstić information content (AvgIpc) is 3.01. The summed E-state index contributed by atoms with van der Waals surface area (Å²) in [4.78, 5) is 24.5. The summed E-state index contributed by atoms with van der Waals surface area (Å²) in [6.07, 6.45) is 5.12. The normalized spacial score (nSPS) is 24.8. The molecule has 4 atom stereocenters. The second-order valence-electron chi connectivity index (χ2n) is 7.30. The summed E-state index contributed by atoms with van der Waals surface area (Å²) < 4.78 is 0. The van der Waals surface area contributed by atoms with Crippen molar-refractivity contribution < 1.29 is 9.59 Å². The number of ketones is 1. The first kappa shape index (κ1) is 16.9. The van der Waals surface area contributed by atoms with Gasteiger partial charge in [-0.15, -0.1) is 6.58 Å². The van der Waals surface area contributed by atoms with Crippen LogP contribution in [0.25, 0.3) is 0 Å². The van der Waals surface area contributed by atoms with Crippen molar-refractivity contribution in [1.82, 2.24) is 0 Å². The topological polar surface area (TPSA) is 60.2 Å². The third-order valence-corrected chi connectivity index (χ3v) is 4.44. The van der Waals surface area contributed by atoms with Gasteiger partial charge >= 0.3 is 0 Å². The first-order chi connectivity index (χ1) is 9.18. The van der Waals surface area contributed by atoms with Crippen LogP contribution in [-0.4, -0.2) is 11.7 Å². The molecule has 114 valence electrons. The molecule has 0 aromatic heterocycles. The van der Waals surface area contributed by atoms with Crippen molar-refractivity contribution >= 4 is 11.7 Å². The molecule has 0 radical (unpaired) electrons. The third kappa shape index (κ3) is 4.46. The number of hydrogen-bond donors (Lipinski definition) is 1. The van der Waals surface area contributed by atoms with Gasteiger partial charge in [-0.3, -0.25) is 9.59 Å². The van der Waals surface area contributed by atoms with Crippen molar-refractivity contribution in [1.29, 1.82) is 0 Å². The van der Waals surface area contributed by atoms with Crippen molar-refractivity contribution in [2.75, 3.05) is 0 Å². The van der Waals surface area contributed by atoms with Gasteiger partial charge in [0.15, 0.2) is 0 Å². The molecule has 3 nitrogen and oxygen atoms in total. The molecule has 0 aliphatic heterocycles. The molecule has 1 rings (SSSR count). The third-order valence-electron chi connectivity index (χ3n) is 4.44. The van der Waals surface area contributed by atoms with Crippen LogP contribution in [0.4, 0.5) is 0 Å². The lowest BCUT2D eigenvalue weighted by Gasteiger charge is -2.29. The average molecular weight is 279 g/mol. The van der Waals surface area contributed by atoms with Crippen LogP contribution in [0, 0.1) is 29.1 Å². The number of allylic oxidation sites excluding steroid dienone is 1. The van der Waals surface area contributed by atoms with Gasteiger partial charge in [0, 0.05) is 17.3 Å². The lowest BCUT2D eigenvalue weighted by molar-refractivity contribution is -0.137. The van der Waals surface area contributed by atoms with Crippen molar-refractivity contribution in [3.05, 3.63) is 12.7 Å². The van der Waals surface area contributed by atoms with Crippen LogP contribution in [-0.2, 0) is 9.59 Å². The molecule has 0 spiro atoms. The van der Waals surface area contributed by atoms with Gasteiger partial charge in [0.2, 0.25) is 5.91 Å². The Balaban J connectivity index is 2.90. The lowest BCUT2D eigenvalue weighted by atomic mass is 9.73. The zero-order chi connectivity index (χ0) is 15.5. The van der Waals surface area contributed by atoms with E-state index in [0.29, 0.717) is 18.3 Å². The minimum Gasteiger partial charge on any atom is -0.369 e. The lowest BCUT2D eigenvalue weighted by Crippen LogP contribution is -2.39. The molecular weight excluding hydrogens is 250 g/mol. The number of primary amides is 1. The maximum atomic E-state index is 12.7. The second-order valence-corrected chi connectivity index (χ2v) is 7.30. The van der Waals surface area contributed by atoms with E-state index in [-0.39, 0.29) is 23.5 Å². The number of rotatable bonds is 8. The minimum atomic E-state index is -0.426. The monoisotopic (exact) mass is 279 g/mol. The highest BCUT2D eigenvalue weighted by atomic mass is 16.1. The standard InChI is InChI=1S/C17H29NO2/c1-6-7-8-13(16(18)20)14(10-12-9-11(12)2)15(19)17(3,4)5/h6,11-14H,1,7-10H2,2-5H3,(H2,18,20)/t11?,12?,13-,14+/m0/s1. The van der Waals surface area contributed by atoms with Crippen LogP contribution < -0.4 is 5.73 Å². The molecule has 1 aliphatic carbocycles. The Kier molecular flexibility index (Phi) is 5.55. The maximum absolute atomic E-state index is 12.7. The number of Topliss-reactive ketones (excluding diaryl/α,β-unsaturated/α-hetero) is 1. The zero-order valence-electron chi connectivity index (χ0n) is 13.3. The molecule has 1 saturated carbocycles. The molecule has 0 heterocycles. The molecule has 0 aromatic carbocycles. The Bertz CT molecular complexity index is 381. The maximum Gasteiger partial charge on any atom is 0.221 e. The molecule has 0 aromatic rings. The van der Waals surface area contributed by atoms with E-state index in [1.807, 2.05) is 20.8 Å². The summed E-state index contributed by atoms with van der Waals surface area (Å²) in [6, 6.07) is 0. The summed E-state index contributed by atoms with van der Waals surface area (Å²) >= 11 is 0. The largest absolute Gasteiger partial charge is 0.369 e. The summed E-state index contributed by atoms with van der Waals surface area (Å²) in [6.45, 7) is 11.7. The van der Waals surface area contributed by atoms with Crippen LogP contribution >= 0.6 is 0 Å². The Morgan fingerprint density at radius 1 is 1.35 bits per heavy atom. The van der Waals surface area contributed by atoms with E-state index in [0.717, 1.165) is 12.8 Å². The van der Waals surface area contributed by atoms with Gasteiger partial charge in [0.1, 0.15) is 5.78 Å². The number of hydrogen-bond acceptors (Lipinski definition) is 2. The molecule has 0 bridgehead atoms. The van der Waals surface area contributed by atoms with Gasteiger partial charge in [-0.1, -0.05) is 33.8 Å². The Morgan fingerprint density at radius 3 is 2.25 bits per heavy atom. The molecule has 1 aliphatic rings. The van der Waals surface area contributed by atoms with Gasteiger partial charge in [-0.25, -0.2) is 0 Å². The highest BCUT2D eigenvalue weighted by molar-refractivity contribution is 5.91. The van der Waals surface area contributed by atoms with Crippen LogP contribution in [0.5, 0.6) is 0 Å². The van der Waals surface area contributed by atoms with Gasteiger partial charge in [-0.2, -0.15) is 0 Å². The Labute approximate surface area is 123 Å². The van der Waals surface area contributed by atoms with Gasteiger partial charge in [0.25, 0.3) is 0 Å². The van der Waals surface area contributed by atoms with Crippen LogP contribution in [0.15, 0.2) is 12.7 Å². The van der Waals surface area contributed by atoms with E-state index in [2.05, 4.69) is 13.5 Å². The molecule has 20 heavy (non-hydrogen) atoms. The summed E-state index contributed by atoms with van der Waals surface area (Å²) in [7, 11) is 0. The van der Waals surface area contributed by atoms with E-state index in [9.17, 15) is 9.59 Å². The summed E-state index contributed by atoms with van der Waals surface area (Å²) in [5, 5.41) is 0. The van der Waals surface area contributed by atoms with Gasteiger partial charge in [-0.05, 0) is 37.5 Å². The van der Waals surface area contributed by atoms with Crippen molar-refractivity contribution in [3.8, 4) is 0 Å². The molecule has 3 heteroatoms. The van der Waals surface area contributed by atoms with E-state index in [1.165, 1.54) is 6.42 Å². The molecule has 0 saturated heterocycles. The highest BCUT2D eigenvalue weighted by Gasteiger charge is 2.43.